The van der Waals surface area contributed by atoms with Crippen molar-refractivity contribution in [1.82, 2.24) is 9.88 Å². The Labute approximate surface area is 85.1 Å². The Morgan fingerprint density at radius 3 is 2.57 bits per heavy atom. The maximum atomic E-state index is 11.7. The van der Waals surface area contributed by atoms with Crippen LogP contribution in [0.5, 0.6) is 0 Å². The molecule has 0 aliphatic rings. The van der Waals surface area contributed by atoms with E-state index in [2.05, 4.69) is 5.32 Å². The van der Waals surface area contributed by atoms with Crippen molar-refractivity contribution in [3.63, 3.8) is 0 Å². The molecule has 78 valence electrons. The number of aromatic nitrogens is 1. The fourth-order valence-electron chi connectivity index (χ4n) is 1.42. The normalized spacial score (nSPS) is 10.3. The van der Waals surface area contributed by atoms with Crippen LogP contribution in [-0.4, -0.2) is 17.0 Å². The summed E-state index contributed by atoms with van der Waals surface area (Å²) in [4.78, 5) is 11.7. The Balaban J connectivity index is 2.85. The van der Waals surface area contributed by atoms with Crippen LogP contribution < -0.4 is 5.32 Å². The Morgan fingerprint density at radius 1 is 1.50 bits per heavy atom. The molecule has 1 rings (SSSR count). The quantitative estimate of drug-likeness (QED) is 0.782. The second kappa shape index (κ2) is 4.31. The lowest BCUT2D eigenvalue weighted by molar-refractivity contribution is 0.0953. The van der Waals surface area contributed by atoms with Gasteiger partial charge in [0.25, 0.3) is 5.91 Å². The summed E-state index contributed by atoms with van der Waals surface area (Å²) in [6.07, 6.45) is 0.969. The molecule has 0 radical (unpaired) electrons. The number of nitrogens with zero attached hydrogens (tertiary/aromatic N) is 1. The molecule has 0 unspecified atom stereocenters. The molecule has 3 nitrogen and oxygen atoms in total. The van der Waals surface area contributed by atoms with E-state index in [4.69, 9.17) is 0 Å². The molecule has 0 bridgehead atoms. The van der Waals surface area contributed by atoms with Gasteiger partial charge in [-0.1, -0.05) is 6.92 Å². The van der Waals surface area contributed by atoms with Crippen molar-refractivity contribution < 1.29 is 4.79 Å². The van der Waals surface area contributed by atoms with Crippen LogP contribution in [-0.2, 0) is 7.05 Å². The van der Waals surface area contributed by atoms with E-state index in [1.165, 1.54) is 0 Å². The van der Waals surface area contributed by atoms with E-state index in [9.17, 15) is 4.79 Å². The summed E-state index contributed by atoms with van der Waals surface area (Å²) in [5.41, 5.74) is 2.93. The standard InChI is InChI=1S/C11H18N2O/c1-5-6-12-11(14)10-7-8(2)13(4)9(10)3/h7H,5-6H2,1-4H3,(H,12,14). The second-order valence-electron chi connectivity index (χ2n) is 3.60. The first-order valence-corrected chi connectivity index (χ1v) is 4.99. The van der Waals surface area contributed by atoms with Crippen molar-refractivity contribution in [2.24, 2.45) is 7.05 Å². The molecule has 0 spiro atoms. The maximum Gasteiger partial charge on any atom is 0.253 e. The summed E-state index contributed by atoms with van der Waals surface area (Å²) in [7, 11) is 1.97. The van der Waals surface area contributed by atoms with E-state index in [0.717, 1.165) is 29.9 Å². The SMILES string of the molecule is CCCNC(=O)c1cc(C)n(C)c1C. The molecule has 0 aliphatic heterocycles. The predicted molar refractivity (Wildman–Crippen MR) is 57.5 cm³/mol. The summed E-state index contributed by atoms with van der Waals surface area (Å²) in [5, 5.41) is 2.88. The second-order valence-corrected chi connectivity index (χ2v) is 3.60. The summed E-state index contributed by atoms with van der Waals surface area (Å²) in [6.45, 7) is 6.76. The zero-order valence-corrected chi connectivity index (χ0v) is 9.35. The third-order valence-electron chi connectivity index (χ3n) is 2.56. The van der Waals surface area contributed by atoms with Crippen LogP contribution in [0.25, 0.3) is 0 Å². The minimum Gasteiger partial charge on any atom is -0.352 e. The van der Waals surface area contributed by atoms with Crippen molar-refractivity contribution in [2.75, 3.05) is 6.54 Å². The Bertz CT molecular complexity index is 339. The van der Waals surface area contributed by atoms with Crippen LogP contribution in [0.4, 0.5) is 0 Å². The average Bonchev–Trinajstić information content (AvgIpc) is 2.42. The van der Waals surface area contributed by atoms with Gasteiger partial charge in [0.2, 0.25) is 0 Å². The van der Waals surface area contributed by atoms with Gasteiger partial charge in [0.15, 0.2) is 0 Å². The highest BCUT2D eigenvalue weighted by atomic mass is 16.1. The summed E-state index contributed by atoms with van der Waals surface area (Å²) < 4.78 is 2.03. The summed E-state index contributed by atoms with van der Waals surface area (Å²) in [5.74, 6) is 0.0352. The molecule has 0 fully saturated rings. The van der Waals surface area contributed by atoms with Crippen molar-refractivity contribution in [2.45, 2.75) is 27.2 Å². The number of nitrogens with one attached hydrogen (secondary N) is 1. The number of aryl methyl sites for hydroxylation is 1. The van der Waals surface area contributed by atoms with Gasteiger partial charge in [-0.2, -0.15) is 0 Å². The Kier molecular flexibility index (Phi) is 3.33. The van der Waals surface area contributed by atoms with Crippen molar-refractivity contribution in [3.05, 3.63) is 23.0 Å². The van der Waals surface area contributed by atoms with Crippen molar-refractivity contribution in [3.8, 4) is 0 Å². The molecule has 1 aromatic heterocycles. The lowest BCUT2D eigenvalue weighted by atomic mass is 10.2. The van der Waals surface area contributed by atoms with Gasteiger partial charge in [0.05, 0.1) is 5.56 Å². The van der Waals surface area contributed by atoms with E-state index < -0.39 is 0 Å². The molecule has 14 heavy (non-hydrogen) atoms. The smallest absolute Gasteiger partial charge is 0.253 e. The molecule has 1 heterocycles. The molecule has 1 amide bonds. The molecular formula is C11H18N2O. The Morgan fingerprint density at radius 2 is 2.14 bits per heavy atom. The maximum absolute atomic E-state index is 11.7. The predicted octanol–water partition coefficient (Wildman–Crippen LogP) is 1.78. The minimum absolute atomic E-state index is 0.0352. The fraction of sp³-hybridized carbons (Fsp3) is 0.545. The van der Waals surface area contributed by atoms with Gasteiger partial charge in [0.1, 0.15) is 0 Å². The van der Waals surface area contributed by atoms with E-state index in [1.54, 1.807) is 0 Å². The van der Waals surface area contributed by atoms with E-state index in [1.807, 2.05) is 38.5 Å². The lowest BCUT2D eigenvalue weighted by Crippen LogP contribution is -2.24. The number of amides is 1. The van der Waals surface area contributed by atoms with Gasteiger partial charge >= 0.3 is 0 Å². The van der Waals surface area contributed by atoms with Crippen LogP contribution in [0.2, 0.25) is 0 Å². The van der Waals surface area contributed by atoms with Crippen LogP contribution in [0.1, 0.15) is 35.1 Å². The van der Waals surface area contributed by atoms with Crippen LogP contribution in [0.3, 0.4) is 0 Å². The van der Waals surface area contributed by atoms with Gasteiger partial charge in [-0.15, -0.1) is 0 Å². The molecule has 1 aromatic rings. The van der Waals surface area contributed by atoms with Gasteiger partial charge < -0.3 is 9.88 Å². The first kappa shape index (κ1) is 10.8. The summed E-state index contributed by atoms with van der Waals surface area (Å²) in [6, 6.07) is 1.93. The monoisotopic (exact) mass is 194 g/mol. The molecule has 3 heteroatoms. The molecule has 1 N–H and O–H groups in total. The lowest BCUT2D eigenvalue weighted by Gasteiger charge is -2.03. The largest absolute Gasteiger partial charge is 0.352 e. The zero-order valence-electron chi connectivity index (χ0n) is 9.35. The molecule has 0 saturated carbocycles. The van der Waals surface area contributed by atoms with Crippen LogP contribution >= 0.6 is 0 Å². The fourth-order valence-corrected chi connectivity index (χ4v) is 1.42. The van der Waals surface area contributed by atoms with Crippen LogP contribution in [0, 0.1) is 13.8 Å². The topological polar surface area (TPSA) is 34.0 Å². The molecule has 0 aromatic carbocycles. The Hall–Kier alpha value is -1.25. The average molecular weight is 194 g/mol. The van der Waals surface area contributed by atoms with Gasteiger partial charge in [0, 0.05) is 25.0 Å². The first-order valence-electron chi connectivity index (χ1n) is 4.99. The molecule has 0 atom stereocenters. The highest BCUT2D eigenvalue weighted by molar-refractivity contribution is 5.95. The van der Waals surface area contributed by atoms with E-state index in [-0.39, 0.29) is 5.91 Å². The van der Waals surface area contributed by atoms with Gasteiger partial charge in [-0.05, 0) is 26.3 Å². The third kappa shape index (κ3) is 1.97. The van der Waals surface area contributed by atoms with Gasteiger partial charge in [-0.25, -0.2) is 0 Å². The number of carbonyl (C=O) groups is 1. The minimum atomic E-state index is 0.0352. The number of rotatable bonds is 3. The molecule has 0 aliphatic carbocycles. The van der Waals surface area contributed by atoms with Crippen molar-refractivity contribution in [1.29, 1.82) is 0 Å². The highest BCUT2D eigenvalue weighted by Crippen LogP contribution is 2.12. The third-order valence-corrected chi connectivity index (χ3v) is 2.56. The molecular weight excluding hydrogens is 176 g/mol. The van der Waals surface area contributed by atoms with Gasteiger partial charge in [-0.3, -0.25) is 4.79 Å². The summed E-state index contributed by atoms with van der Waals surface area (Å²) >= 11 is 0. The highest BCUT2D eigenvalue weighted by Gasteiger charge is 2.12. The number of carbonyl (C=O) groups excluding carboxylic acids is 1. The molecule has 0 saturated heterocycles. The zero-order chi connectivity index (χ0) is 10.7. The van der Waals surface area contributed by atoms with E-state index >= 15 is 0 Å². The van der Waals surface area contributed by atoms with Crippen molar-refractivity contribution >= 4 is 5.91 Å². The first-order chi connectivity index (χ1) is 6.57. The number of hydrogen-bond acceptors (Lipinski definition) is 1. The van der Waals surface area contributed by atoms with E-state index in [0.29, 0.717) is 0 Å². The van der Waals surface area contributed by atoms with Crippen LogP contribution in [0.15, 0.2) is 6.07 Å². The number of hydrogen-bond donors (Lipinski definition) is 1.